The molecular formula is C10H15NO4. The predicted octanol–water partition coefficient (Wildman–Crippen LogP) is 1.15. The molecule has 0 radical (unpaired) electrons. The average molecular weight is 213 g/mol. The van der Waals surface area contributed by atoms with Crippen LogP contribution in [0.25, 0.3) is 0 Å². The molecule has 0 aromatic carbocycles. The van der Waals surface area contributed by atoms with Crippen molar-refractivity contribution in [1.82, 2.24) is 4.90 Å². The van der Waals surface area contributed by atoms with E-state index in [0.29, 0.717) is 0 Å². The highest BCUT2D eigenvalue weighted by molar-refractivity contribution is 6.01. The maximum atomic E-state index is 11.7. The molecule has 0 saturated carbocycles. The lowest BCUT2D eigenvalue weighted by Gasteiger charge is -2.22. The molecular weight excluding hydrogens is 198 g/mol. The van der Waals surface area contributed by atoms with Gasteiger partial charge >= 0.3 is 6.09 Å². The molecule has 1 saturated heterocycles. The number of ether oxygens (including phenoxy) is 2. The Labute approximate surface area is 88.6 Å². The van der Waals surface area contributed by atoms with E-state index in [9.17, 15) is 9.59 Å². The second-order valence-electron chi connectivity index (χ2n) is 3.69. The van der Waals surface area contributed by atoms with E-state index in [1.165, 1.54) is 7.11 Å². The molecule has 0 aromatic heterocycles. The zero-order valence-electron chi connectivity index (χ0n) is 9.15. The third-order valence-corrected chi connectivity index (χ3v) is 2.38. The minimum atomic E-state index is -0.628. The van der Waals surface area contributed by atoms with E-state index < -0.39 is 12.0 Å². The first-order valence-electron chi connectivity index (χ1n) is 4.72. The maximum Gasteiger partial charge on any atom is 0.417 e. The third-order valence-electron chi connectivity index (χ3n) is 2.38. The van der Waals surface area contributed by atoms with Crippen LogP contribution in [0.1, 0.15) is 13.8 Å². The van der Waals surface area contributed by atoms with Crippen LogP contribution >= 0.6 is 0 Å². The molecule has 1 rings (SSSR count). The number of carbonyl (C=O) groups excluding carboxylic acids is 2. The van der Waals surface area contributed by atoms with E-state index in [2.05, 4.69) is 6.58 Å². The summed E-state index contributed by atoms with van der Waals surface area (Å²) < 4.78 is 9.53. The number of hydrogen-bond donors (Lipinski definition) is 0. The van der Waals surface area contributed by atoms with Crippen LogP contribution in [0.3, 0.4) is 0 Å². The molecule has 1 fully saturated rings. The predicted molar refractivity (Wildman–Crippen MR) is 53.0 cm³/mol. The van der Waals surface area contributed by atoms with Crippen LogP contribution in [-0.2, 0) is 14.3 Å². The molecule has 1 heterocycles. The standard InChI is InChI=1S/C10H15NO4/c1-6(2)8-5-15-10(13)11(8)9(12)7(3)14-4/h6,8H,3,5H2,1-2,4H3/t8-/m1/s1. The van der Waals surface area contributed by atoms with E-state index >= 15 is 0 Å². The Balaban J connectivity index is 2.85. The number of rotatable bonds is 3. The van der Waals surface area contributed by atoms with Gasteiger partial charge in [0.1, 0.15) is 6.61 Å². The number of amides is 2. The fraction of sp³-hybridized carbons (Fsp3) is 0.600. The van der Waals surface area contributed by atoms with Gasteiger partial charge in [-0.05, 0) is 5.92 Å². The summed E-state index contributed by atoms with van der Waals surface area (Å²) >= 11 is 0. The number of nitrogens with zero attached hydrogens (tertiary/aromatic N) is 1. The van der Waals surface area contributed by atoms with Crippen LogP contribution in [-0.4, -0.2) is 36.7 Å². The highest BCUT2D eigenvalue weighted by atomic mass is 16.6. The summed E-state index contributed by atoms with van der Waals surface area (Å²) in [6.45, 7) is 7.50. The minimum absolute atomic E-state index is 0.0560. The molecule has 0 N–H and O–H groups in total. The van der Waals surface area contributed by atoms with Crippen LogP contribution in [0, 0.1) is 5.92 Å². The zero-order chi connectivity index (χ0) is 11.6. The summed E-state index contributed by atoms with van der Waals surface area (Å²) in [5.41, 5.74) is 0. The van der Waals surface area contributed by atoms with Gasteiger partial charge in [0, 0.05) is 0 Å². The molecule has 1 aliphatic heterocycles. The topological polar surface area (TPSA) is 55.8 Å². The summed E-state index contributed by atoms with van der Waals surface area (Å²) in [5.74, 6) is -0.441. The molecule has 0 aromatic rings. The lowest BCUT2D eigenvalue weighted by molar-refractivity contribution is -0.128. The van der Waals surface area contributed by atoms with Gasteiger partial charge in [0.05, 0.1) is 13.2 Å². The number of imide groups is 1. The third kappa shape index (κ3) is 2.11. The Hall–Kier alpha value is -1.52. The molecule has 5 nitrogen and oxygen atoms in total. The molecule has 0 aliphatic carbocycles. The van der Waals surface area contributed by atoms with E-state index in [-0.39, 0.29) is 24.3 Å². The van der Waals surface area contributed by atoms with Gasteiger partial charge in [-0.3, -0.25) is 4.79 Å². The molecule has 0 bridgehead atoms. The average Bonchev–Trinajstić information content (AvgIpc) is 2.58. The Morgan fingerprint density at radius 3 is 2.73 bits per heavy atom. The lowest BCUT2D eigenvalue weighted by atomic mass is 10.0. The van der Waals surface area contributed by atoms with Gasteiger partial charge in [-0.1, -0.05) is 20.4 Å². The number of methoxy groups -OCH3 is 1. The summed E-state index contributed by atoms with van der Waals surface area (Å²) in [6.07, 6.45) is -0.628. The molecule has 5 heteroatoms. The SMILES string of the molecule is C=C(OC)C(=O)N1C(=O)OC[C@@H]1C(C)C. The van der Waals surface area contributed by atoms with Gasteiger partial charge < -0.3 is 9.47 Å². The molecule has 2 amide bonds. The van der Waals surface area contributed by atoms with Crippen molar-refractivity contribution in [3.63, 3.8) is 0 Å². The smallest absolute Gasteiger partial charge is 0.417 e. The van der Waals surface area contributed by atoms with Crippen LogP contribution in [0.5, 0.6) is 0 Å². The normalized spacial score (nSPS) is 20.4. The van der Waals surface area contributed by atoms with E-state index in [1.807, 2.05) is 13.8 Å². The second kappa shape index (κ2) is 4.33. The Bertz CT molecular complexity index is 298. The fourth-order valence-electron chi connectivity index (χ4n) is 1.38. The maximum absolute atomic E-state index is 11.7. The van der Waals surface area contributed by atoms with Crippen molar-refractivity contribution in [2.75, 3.05) is 13.7 Å². The number of hydrogen-bond acceptors (Lipinski definition) is 4. The molecule has 0 unspecified atom stereocenters. The van der Waals surface area contributed by atoms with Crippen molar-refractivity contribution in [2.24, 2.45) is 5.92 Å². The molecule has 15 heavy (non-hydrogen) atoms. The van der Waals surface area contributed by atoms with Gasteiger partial charge in [-0.15, -0.1) is 0 Å². The van der Waals surface area contributed by atoms with E-state index in [0.717, 1.165) is 4.90 Å². The van der Waals surface area contributed by atoms with Crippen LogP contribution in [0.15, 0.2) is 12.3 Å². The number of carbonyl (C=O) groups is 2. The first-order valence-corrected chi connectivity index (χ1v) is 4.72. The fourth-order valence-corrected chi connectivity index (χ4v) is 1.38. The van der Waals surface area contributed by atoms with Crippen molar-refractivity contribution >= 4 is 12.0 Å². The van der Waals surface area contributed by atoms with E-state index in [1.54, 1.807) is 0 Å². The quantitative estimate of drug-likeness (QED) is 0.521. The van der Waals surface area contributed by atoms with Crippen LogP contribution < -0.4 is 0 Å². The Morgan fingerprint density at radius 1 is 1.67 bits per heavy atom. The largest absolute Gasteiger partial charge is 0.492 e. The van der Waals surface area contributed by atoms with Crippen molar-refractivity contribution in [2.45, 2.75) is 19.9 Å². The first-order chi connectivity index (χ1) is 6.99. The van der Waals surface area contributed by atoms with Gasteiger partial charge in [0.25, 0.3) is 5.91 Å². The highest BCUT2D eigenvalue weighted by Crippen LogP contribution is 2.21. The van der Waals surface area contributed by atoms with Gasteiger partial charge in [-0.2, -0.15) is 0 Å². The zero-order valence-corrected chi connectivity index (χ0v) is 9.15. The molecule has 0 spiro atoms. The number of cyclic esters (lactones) is 1. The van der Waals surface area contributed by atoms with Crippen molar-refractivity contribution < 1.29 is 19.1 Å². The van der Waals surface area contributed by atoms with Gasteiger partial charge in [0.2, 0.25) is 0 Å². The second-order valence-corrected chi connectivity index (χ2v) is 3.69. The summed E-state index contributed by atoms with van der Waals surface area (Å²) in [6, 6.07) is -0.239. The first kappa shape index (κ1) is 11.6. The highest BCUT2D eigenvalue weighted by Gasteiger charge is 2.40. The van der Waals surface area contributed by atoms with E-state index in [4.69, 9.17) is 9.47 Å². The Kier molecular flexibility index (Phi) is 3.34. The van der Waals surface area contributed by atoms with Crippen molar-refractivity contribution in [3.05, 3.63) is 12.3 Å². The monoisotopic (exact) mass is 213 g/mol. The molecule has 1 atom stereocenters. The van der Waals surface area contributed by atoms with Gasteiger partial charge in [0.15, 0.2) is 5.76 Å². The lowest BCUT2D eigenvalue weighted by Crippen LogP contribution is -2.42. The summed E-state index contributed by atoms with van der Waals surface area (Å²) in [5, 5.41) is 0. The molecule has 84 valence electrons. The minimum Gasteiger partial charge on any atom is -0.492 e. The van der Waals surface area contributed by atoms with Crippen molar-refractivity contribution in [1.29, 1.82) is 0 Å². The Morgan fingerprint density at radius 2 is 2.27 bits per heavy atom. The van der Waals surface area contributed by atoms with Gasteiger partial charge in [-0.25, -0.2) is 9.69 Å². The summed E-state index contributed by atoms with van der Waals surface area (Å²) in [7, 11) is 1.34. The van der Waals surface area contributed by atoms with Crippen LogP contribution in [0.2, 0.25) is 0 Å². The van der Waals surface area contributed by atoms with Crippen LogP contribution in [0.4, 0.5) is 4.79 Å². The molecule has 1 aliphatic rings. The summed E-state index contributed by atoms with van der Waals surface area (Å²) in [4.78, 5) is 24.1. The van der Waals surface area contributed by atoms with Crippen molar-refractivity contribution in [3.8, 4) is 0 Å².